The van der Waals surface area contributed by atoms with Gasteiger partial charge in [0.1, 0.15) is 5.60 Å². The molecule has 1 aliphatic carbocycles. The molecule has 0 bridgehead atoms. The van der Waals surface area contributed by atoms with Gasteiger partial charge in [-0.15, -0.1) is 0 Å². The highest BCUT2D eigenvalue weighted by Gasteiger charge is 2.38. The molecule has 1 atom stereocenters. The summed E-state index contributed by atoms with van der Waals surface area (Å²) in [5.41, 5.74) is 0.389. The SMILES string of the molecule is O=C(NCC(O)Cc1cccc(C#CC2(O)CCCC2)c1)C(F)(F)F. The number of nitrogens with one attached hydrogen (secondary N) is 1. The van der Waals surface area contributed by atoms with Gasteiger partial charge in [-0.2, -0.15) is 13.2 Å². The van der Waals surface area contributed by atoms with Crippen molar-refractivity contribution in [2.75, 3.05) is 6.54 Å². The number of carbonyl (C=O) groups is 1. The minimum Gasteiger partial charge on any atom is -0.391 e. The van der Waals surface area contributed by atoms with E-state index in [0.717, 1.165) is 12.8 Å². The highest BCUT2D eigenvalue weighted by Crippen LogP contribution is 2.28. The fourth-order valence-corrected chi connectivity index (χ4v) is 2.70. The van der Waals surface area contributed by atoms with E-state index in [1.54, 1.807) is 29.6 Å². The number of carbonyl (C=O) groups excluding carboxylic acids is 1. The van der Waals surface area contributed by atoms with Crippen molar-refractivity contribution >= 4 is 5.91 Å². The number of alkyl halides is 3. The number of halogens is 3. The molecule has 2 rings (SSSR count). The minimum absolute atomic E-state index is 0.0813. The molecule has 0 radical (unpaired) electrons. The summed E-state index contributed by atoms with van der Waals surface area (Å²) in [4.78, 5) is 10.7. The molecule has 0 saturated heterocycles. The van der Waals surface area contributed by atoms with Crippen molar-refractivity contribution in [2.45, 2.75) is 50.0 Å². The first-order valence-electron chi connectivity index (χ1n) is 8.05. The maximum atomic E-state index is 12.1. The van der Waals surface area contributed by atoms with E-state index in [4.69, 9.17) is 0 Å². The zero-order chi connectivity index (χ0) is 18.5. The summed E-state index contributed by atoms with van der Waals surface area (Å²) in [7, 11) is 0. The van der Waals surface area contributed by atoms with E-state index in [0.29, 0.717) is 24.0 Å². The van der Waals surface area contributed by atoms with Gasteiger partial charge in [-0.05, 0) is 43.4 Å². The number of hydrogen-bond acceptors (Lipinski definition) is 3. The number of amides is 1. The van der Waals surface area contributed by atoms with Gasteiger partial charge < -0.3 is 15.5 Å². The Labute approximate surface area is 144 Å². The van der Waals surface area contributed by atoms with Crippen LogP contribution in [0.4, 0.5) is 13.2 Å². The molecule has 1 unspecified atom stereocenters. The maximum Gasteiger partial charge on any atom is 0.471 e. The monoisotopic (exact) mass is 355 g/mol. The topological polar surface area (TPSA) is 69.6 Å². The largest absolute Gasteiger partial charge is 0.471 e. The molecule has 0 heterocycles. The molecule has 1 aromatic carbocycles. The lowest BCUT2D eigenvalue weighted by Crippen LogP contribution is -2.41. The summed E-state index contributed by atoms with van der Waals surface area (Å²) >= 11 is 0. The summed E-state index contributed by atoms with van der Waals surface area (Å²) in [5, 5.41) is 21.7. The van der Waals surface area contributed by atoms with Gasteiger partial charge in [0.25, 0.3) is 0 Å². The summed E-state index contributed by atoms with van der Waals surface area (Å²) < 4.78 is 36.3. The summed E-state index contributed by atoms with van der Waals surface area (Å²) in [6.45, 7) is -0.492. The molecule has 136 valence electrons. The zero-order valence-corrected chi connectivity index (χ0v) is 13.6. The van der Waals surface area contributed by atoms with Crippen molar-refractivity contribution in [3.05, 3.63) is 35.4 Å². The van der Waals surface area contributed by atoms with Crippen molar-refractivity contribution in [3.63, 3.8) is 0 Å². The Kier molecular flexibility index (Phi) is 6.09. The van der Waals surface area contributed by atoms with Gasteiger partial charge >= 0.3 is 12.1 Å². The summed E-state index contributed by atoms with van der Waals surface area (Å²) in [6, 6.07) is 6.90. The van der Waals surface area contributed by atoms with Crippen LogP contribution in [0, 0.1) is 11.8 Å². The highest BCUT2D eigenvalue weighted by atomic mass is 19.4. The molecule has 0 aromatic heterocycles. The van der Waals surface area contributed by atoms with Crippen LogP contribution in [0.1, 0.15) is 36.8 Å². The second-order valence-corrected chi connectivity index (χ2v) is 6.25. The van der Waals surface area contributed by atoms with E-state index >= 15 is 0 Å². The van der Waals surface area contributed by atoms with Gasteiger partial charge in [0.15, 0.2) is 0 Å². The Bertz CT molecular complexity index is 670. The fourth-order valence-electron chi connectivity index (χ4n) is 2.70. The maximum absolute atomic E-state index is 12.1. The molecule has 1 fully saturated rings. The molecule has 3 N–H and O–H groups in total. The van der Waals surface area contributed by atoms with Crippen LogP contribution in [0.2, 0.25) is 0 Å². The normalized spacial score (nSPS) is 17.5. The first kappa shape index (κ1) is 19.3. The van der Waals surface area contributed by atoms with Crippen molar-refractivity contribution in [1.82, 2.24) is 5.32 Å². The molecular formula is C18H20F3NO3. The van der Waals surface area contributed by atoms with E-state index in [2.05, 4.69) is 11.8 Å². The van der Waals surface area contributed by atoms with Gasteiger partial charge in [0.05, 0.1) is 6.10 Å². The van der Waals surface area contributed by atoms with Crippen LogP contribution in [-0.2, 0) is 11.2 Å². The van der Waals surface area contributed by atoms with Crippen LogP contribution in [0.15, 0.2) is 24.3 Å². The third-order valence-corrected chi connectivity index (χ3v) is 4.02. The average molecular weight is 355 g/mol. The van der Waals surface area contributed by atoms with Gasteiger partial charge in [0.2, 0.25) is 0 Å². The second kappa shape index (κ2) is 7.89. The average Bonchev–Trinajstić information content (AvgIpc) is 2.97. The number of hydrogen-bond donors (Lipinski definition) is 3. The summed E-state index contributed by atoms with van der Waals surface area (Å²) in [6.07, 6.45) is -2.83. The molecule has 1 saturated carbocycles. The number of benzene rings is 1. The van der Waals surface area contributed by atoms with Gasteiger partial charge in [0, 0.05) is 18.5 Å². The Morgan fingerprint density at radius 2 is 2.00 bits per heavy atom. The predicted molar refractivity (Wildman–Crippen MR) is 85.5 cm³/mol. The van der Waals surface area contributed by atoms with Gasteiger partial charge in [-0.3, -0.25) is 4.79 Å². The van der Waals surface area contributed by atoms with Crippen LogP contribution in [0.5, 0.6) is 0 Å². The Balaban J connectivity index is 1.93. The Morgan fingerprint density at radius 3 is 2.64 bits per heavy atom. The van der Waals surface area contributed by atoms with Crippen LogP contribution in [0.3, 0.4) is 0 Å². The smallest absolute Gasteiger partial charge is 0.391 e. The molecular weight excluding hydrogens is 335 g/mol. The standard InChI is InChI=1S/C18H20F3NO3/c19-18(20,21)16(24)22-12-15(23)11-14-5-3-4-13(10-14)6-9-17(25)7-1-2-8-17/h3-5,10,15,23,25H,1-2,7-8,11-12H2,(H,22,24). The van der Waals surface area contributed by atoms with E-state index in [1.165, 1.54) is 0 Å². The van der Waals surface area contributed by atoms with E-state index < -0.39 is 30.3 Å². The quantitative estimate of drug-likeness (QED) is 0.723. The predicted octanol–water partition coefficient (Wildman–Crippen LogP) is 1.93. The number of aliphatic hydroxyl groups excluding tert-OH is 1. The fraction of sp³-hybridized carbons (Fsp3) is 0.500. The van der Waals surface area contributed by atoms with E-state index in [-0.39, 0.29) is 6.42 Å². The molecule has 0 aliphatic heterocycles. The molecule has 1 aromatic rings. The lowest BCUT2D eigenvalue weighted by molar-refractivity contribution is -0.173. The van der Waals surface area contributed by atoms with Crippen LogP contribution in [0.25, 0.3) is 0 Å². The van der Waals surface area contributed by atoms with Crippen molar-refractivity contribution in [2.24, 2.45) is 0 Å². The molecule has 25 heavy (non-hydrogen) atoms. The lowest BCUT2D eigenvalue weighted by atomic mass is 10.0. The number of aliphatic hydroxyl groups is 2. The molecule has 1 aliphatic rings. The van der Waals surface area contributed by atoms with Gasteiger partial charge in [-0.25, -0.2) is 0 Å². The lowest BCUT2D eigenvalue weighted by Gasteiger charge is -2.14. The van der Waals surface area contributed by atoms with Crippen molar-refractivity contribution in [3.8, 4) is 11.8 Å². The molecule has 0 spiro atoms. The second-order valence-electron chi connectivity index (χ2n) is 6.25. The zero-order valence-electron chi connectivity index (χ0n) is 13.6. The van der Waals surface area contributed by atoms with Crippen LogP contribution < -0.4 is 5.32 Å². The van der Waals surface area contributed by atoms with E-state index in [1.807, 2.05) is 0 Å². The third kappa shape index (κ3) is 6.07. The Morgan fingerprint density at radius 1 is 1.32 bits per heavy atom. The van der Waals surface area contributed by atoms with Crippen LogP contribution in [-0.4, -0.2) is 40.5 Å². The minimum atomic E-state index is -4.96. The first-order chi connectivity index (χ1) is 11.7. The van der Waals surface area contributed by atoms with E-state index in [9.17, 15) is 28.2 Å². The molecule has 7 heteroatoms. The van der Waals surface area contributed by atoms with Crippen molar-refractivity contribution in [1.29, 1.82) is 0 Å². The molecule has 4 nitrogen and oxygen atoms in total. The third-order valence-electron chi connectivity index (χ3n) is 4.02. The summed E-state index contributed by atoms with van der Waals surface area (Å²) in [5.74, 6) is 3.71. The van der Waals surface area contributed by atoms with Crippen LogP contribution >= 0.6 is 0 Å². The van der Waals surface area contributed by atoms with Gasteiger partial charge in [-0.1, -0.05) is 24.0 Å². The Hall–Kier alpha value is -2.04. The first-order valence-corrected chi connectivity index (χ1v) is 8.05. The highest BCUT2D eigenvalue weighted by molar-refractivity contribution is 5.81. The number of rotatable bonds is 4. The van der Waals surface area contributed by atoms with Crippen molar-refractivity contribution < 1.29 is 28.2 Å². The molecule has 1 amide bonds.